The molecule has 3 N–H and O–H groups in total. The van der Waals surface area contributed by atoms with E-state index in [9.17, 15) is 13.2 Å². The van der Waals surface area contributed by atoms with E-state index in [4.69, 9.17) is 5.14 Å². The van der Waals surface area contributed by atoms with Crippen LogP contribution in [-0.4, -0.2) is 19.3 Å². The number of hydrogen-bond acceptors (Lipinski definition) is 5. The van der Waals surface area contributed by atoms with Gasteiger partial charge in [0, 0.05) is 18.5 Å². The highest BCUT2D eigenvalue weighted by atomic mass is 32.2. The molecule has 0 radical (unpaired) electrons. The predicted molar refractivity (Wildman–Crippen MR) is 99.8 cm³/mol. The molecule has 1 amide bonds. The summed E-state index contributed by atoms with van der Waals surface area (Å²) in [4.78, 5) is 16.6. The van der Waals surface area contributed by atoms with Crippen molar-refractivity contribution in [3.63, 3.8) is 0 Å². The zero-order valence-corrected chi connectivity index (χ0v) is 14.9. The van der Waals surface area contributed by atoms with Gasteiger partial charge in [0.2, 0.25) is 15.9 Å². The minimum absolute atomic E-state index is 0.113. The van der Waals surface area contributed by atoms with E-state index in [0.717, 1.165) is 15.2 Å². The number of nitrogens with two attached hydrogens (primary N) is 1. The number of sulfonamides is 1. The Kier molecular flexibility index (Phi) is 5.12. The largest absolute Gasteiger partial charge is 0.326 e. The second-order valence-corrected chi connectivity index (χ2v) is 8.36. The molecule has 0 spiro atoms. The quantitative estimate of drug-likeness (QED) is 0.691. The first-order valence-electron chi connectivity index (χ1n) is 7.63. The normalized spacial score (nSPS) is 11.6. The summed E-state index contributed by atoms with van der Waals surface area (Å²) < 4.78 is 23.2. The summed E-state index contributed by atoms with van der Waals surface area (Å²) in [7, 11) is -3.56. The number of para-hydroxylation sites is 1. The fourth-order valence-corrected chi connectivity index (χ4v) is 4.01. The number of nitrogens with one attached hydrogen (secondary N) is 1. The van der Waals surface area contributed by atoms with Gasteiger partial charge < -0.3 is 5.32 Å². The third-order valence-corrected chi connectivity index (χ3v) is 5.34. The van der Waals surface area contributed by atoms with Crippen LogP contribution in [0.4, 0.5) is 5.69 Å². The summed E-state index contributed by atoms with van der Waals surface area (Å²) >= 11 is 1.59. The average Bonchev–Trinajstić information content (AvgIpc) is 2.96. The Bertz CT molecular complexity index is 962. The lowest BCUT2D eigenvalue weighted by Crippen LogP contribution is -2.15. The Labute approximate surface area is 149 Å². The molecule has 1 heterocycles. The minimum Gasteiger partial charge on any atom is -0.326 e. The van der Waals surface area contributed by atoms with Crippen molar-refractivity contribution in [1.82, 2.24) is 4.98 Å². The van der Waals surface area contributed by atoms with Gasteiger partial charge in [0.1, 0.15) is 0 Å². The number of hydrogen-bond donors (Lipinski definition) is 2. The Hall–Kier alpha value is -2.29. The van der Waals surface area contributed by atoms with Crippen molar-refractivity contribution in [3.8, 4) is 0 Å². The summed E-state index contributed by atoms with van der Waals surface area (Å²) in [6.45, 7) is 0. The van der Waals surface area contributed by atoms with E-state index >= 15 is 0 Å². The molecular weight excluding hydrogens is 358 g/mol. The topological polar surface area (TPSA) is 102 Å². The molecule has 6 nitrogen and oxygen atoms in total. The molecule has 130 valence electrons. The second-order valence-electron chi connectivity index (χ2n) is 5.63. The maximum Gasteiger partial charge on any atom is 0.224 e. The van der Waals surface area contributed by atoms with E-state index in [1.165, 1.54) is 0 Å². The molecule has 0 aliphatic carbocycles. The molecule has 3 aromatic rings. The number of primary sulfonamides is 1. The summed E-state index contributed by atoms with van der Waals surface area (Å²) in [5.74, 6) is -0.336. The Morgan fingerprint density at radius 2 is 1.84 bits per heavy atom. The van der Waals surface area contributed by atoms with E-state index in [1.54, 1.807) is 35.6 Å². The van der Waals surface area contributed by atoms with Crippen LogP contribution < -0.4 is 10.5 Å². The number of carbonyl (C=O) groups is 1. The van der Waals surface area contributed by atoms with Gasteiger partial charge >= 0.3 is 0 Å². The molecule has 25 heavy (non-hydrogen) atoms. The van der Waals surface area contributed by atoms with Crippen molar-refractivity contribution in [2.24, 2.45) is 5.14 Å². The van der Waals surface area contributed by atoms with Gasteiger partial charge in [-0.1, -0.05) is 24.3 Å². The molecule has 0 saturated carbocycles. The molecule has 8 heteroatoms. The molecule has 0 aliphatic rings. The highest BCUT2D eigenvalue weighted by Crippen LogP contribution is 2.22. The standard InChI is InChI=1S/C17H17N3O3S2/c18-25(22,23)11-12-5-7-13(8-6-12)19-16(21)9-10-17-20-14-3-1-2-4-15(14)24-17/h1-8H,9-11H2,(H,19,21)(H2,18,22,23). The van der Waals surface area contributed by atoms with Crippen molar-refractivity contribution >= 4 is 43.2 Å². The maximum atomic E-state index is 12.1. The number of benzene rings is 2. The molecule has 0 bridgehead atoms. The number of aryl methyl sites for hydroxylation is 1. The molecular formula is C17H17N3O3S2. The van der Waals surface area contributed by atoms with Crippen molar-refractivity contribution in [2.45, 2.75) is 18.6 Å². The fraction of sp³-hybridized carbons (Fsp3) is 0.176. The molecule has 0 unspecified atom stereocenters. The van der Waals surface area contributed by atoms with Crippen LogP contribution in [0.25, 0.3) is 10.2 Å². The third kappa shape index (κ3) is 5.09. The van der Waals surface area contributed by atoms with Gasteiger partial charge in [-0.25, -0.2) is 18.5 Å². The van der Waals surface area contributed by atoms with Crippen molar-refractivity contribution < 1.29 is 13.2 Å². The molecule has 0 saturated heterocycles. The van der Waals surface area contributed by atoms with Crippen LogP contribution in [0.3, 0.4) is 0 Å². The van der Waals surface area contributed by atoms with Gasteiger partial charge in [0.15, 0.2) is 0 Å². The van der Waals surface area contributed by atoms with Gasteiger partial charge in [-0.3, -0.25) is 4.79 Å². The molecule has 0 fully saturated rings. The first kappa shape index (κ1) is 17.5. The molecule has 1 aromatic heterocycles. The van der Waals surface area contributed by atoms with E-state index in [-0.39, 0.29) is 11.7 Å². The Morgan fingerprint density at radius 1 is 1.12 bits per heavy atom. The van der Waals surface area contributed by atoms with E-state index in [0.29, 0.717) is 24.1 Å². The van der Waals surface area contributed by atoms with E-state index < -0.39 is 10.0 Å². The Morgan fingerprint density at radius 3 is 2.52 bits per heavy atom. The first-order valence-corrected chi connectivity index (χ1v) is 10.2. The van der Waals surface area contributed by atoms with Crippen LogP contribution in [0.5, 0.6) is 0 Å². The summed E-state index contributed by atoms with van der Waals surface area (Å²) in [5.41, 5.74) is 2.15. The maximum absolute atomic E-state index is 12.1. The van der Waals surface area contributed by atoms with Crippen LogP contribution in [0.15, 0.2) is 48.5 Å². The molecule has 3 rings (SSSR count). The number of aromatic nitrogens is 1. The number of amides is 1. The summed E-state index contributed by atoms with van der Waals surface area (Å²) in [5, 5.41) is 8.73. The van der Waals surface area contributed by atoms with Crippen molar-refractivity contribution in [2.75, 3.05) is 5.32 Å². The second kappa shape index (κ2) is 7.30. The van der Waals surface area contributed by atoms with Crippen molar-refractivity contribution in [3.05, 3.63) is 59.1 Å². The summed E-state index contributed by atoms with van der Waals surface area (Å²) in [6.07, 6.45) is 0.910. The van der Waals surface area contributed by atoms with Crippen LogP contribution >= 0.6 is 11.3 Å². The van der Waals surface area contributed by atoms with Crippen molar-refractivity contribution in [1.29, 1.82) is 0 Å². The fourth-order valence-electron chi connectivity index (χ4n) is 2.39. The number of anilines is 1. The lowest BCUT2D eigenvalue weighted by molar-refractivity contribution is -0.116. The number of carbonyl (C=O) groups excluding carboxylic acids is 1. The lowest BCUT2D eigenvalue weighted by Gasteiger charge is -2.06. The lowest BCUT2D eigenvalue weighted by atomic mass is 10.2. The highest BCUT2D eigenvalue weighted by molar-refractivity contribution is 7.88. The minimum atomic E-state index is -3.56. The van der Waals surface area contributed by atoms with Gasteiger partial charge in [0.25, 0.3) is 0 Å². The van der Waals surface area contributed by atoms with Crippen LogP contribution in [-0.2, 0) is 27.0 Å². The van der Waals surface area contributed by atoms with Crippen LogP contribution in [0.2, 0.25) is 0 Å². The molecule has 0 atom stereocenters. The third-order valence-electron chi connectivity index (χ3n) is 3.51. The highest BCUT2D eigenvalue weighted by Gasteiger charge is 2.08. The number of nitrogens with zero attached hydrogens (tertiary/aromatic N) is 1. The van der Waals surface area contributed by atoms with Gasteiger partial charge in [-0.2, -0.15) is 0 Å². The van der Waals surface area contributed by atoms with Crippen LogP contribution in [0.1, 0.15) is 17.0 Å². The van der Waals surface area contributed by atoms with Gasteiger partial charge in [-0.15, -0.1) is 11.3 Å². The van der Waals surface area contributed by atoms with Gasteiger partial charge in [0.05, 0.1) is 21.0 Å². The smallest absolute Gasteiger partial charge is 0.224 e. The number of rotatable bonds is 6. The summed E-state index contributed by atoms with van der Waals surface area (Å²) in [6, 6.07) is 14.5. The average molecular weight is 375 g/mol. The van der Waals surface area contributed by atoms with E-state index in [1.807, 2.05) is 24.3 Å². The zero-order chi connectivity index (χ0) is 17.9. The predicted octanol–water partition coefficient (Wildman–Crippen LogP) is 2.66. The van der Waals surface area contributed by atoms with Gasteiger partial charge in [-0.05, 0) is 29.8 Å². The Balaban J connectivity index is 1.55. The molecule has 0 aliphatic heterocycles. The van der Waals surface area contributed by atoms with Crippen LogP contribution in [0, 0.1) is 0 Å². The first-order chi connectivity index (χ1) is 11.9. The monoisotopic (exact) mass is 375 g/mol. The molecule has 2 aromatic carbocycles. The number of fused-ring (bicyclic) bond motifs is 1. The SMILES string of the molecule is NS(=O)(=O)Cc1ccc(NC(=O)CCc2nc3ccccc3s2)cc1. The zero-order valence-electron chi connectivity index (χ0n) is 13.3. The van der Waals surface area contributed by atoms with E-state index in [2.05, 4.69) is 10.3 Å². The number of thiazole rings is 1.